The number of carboxylic acid groups (broad SMARTS) is 1. The number of carboxylic acids is 1. The highest BCUT2D eigenvalue weighted by atomic mass is 16.5. The molecule has 0 saturated heterocycles. The second-order valence-corrected chi connectivity index (χ2v) is 6.32. The molecule has 7 heteroatoms. The zero-order valence-electron chi connectivity index (χ0n) is 15.2. The number of hydrogen-bond donors (Lipinski definition) is 3. The van der Waals surface area contributed by atoms with E-state index in [4.69, 9.17) is 9.84 Å². The quantitative estimate of drug-likeness (QED) is 0.661. The molecule has 7 nitrogen and oxygen atoms in total. The number of methoxy groups -OCH3 is 1. The molecule has 3 N–H and O–H groups in total. The molecule has 2 amide bonds. The normalized spacial score (nSPS) is 14.3. The molecule has 3 atom stereocenters. The predicted octanol–water partition coefficient (Wildman–Crippen LogP) is 1.67. The standard InChI is InChI=1S/C18H26N2O5/c1-10(2)15(17(22)19-12(4)11(3)18(23)24)20-16(21)13-8-6-7-9-14(13)25-5/h6-12,15H,1-5H3,(H,19,22)(H,20,21)(H,23,24). The van der Waals surface area contributed by atoms with Gasteiger partial charge in [0.05, 0.1) is 18.6 Å². The van der Waals surface area contributed by atoms with Gasteiger partial charge < -0.3 is 20.5 Å². The number of amides is 2. The maximum absolute atomic E-state index is 12.5. The van der Waals surface area contributed by atoms with Crippen LogP contribution in [0.25, 0.3) is 0 Å². The molecule has 0 bridgehead atoms. The monoisotopic (exact) mass is 350 g/mol. The summed E-state index contributed by atoms with van der Waals surface area (Å²) >= 11 is 0. The summed E-state index contributed by atoms with van der Waals surface area (Å²) in [5.74, 6) is -2.33. The summed E-state index contributed by atoms with van der Waals surface area (Å²) in [5.41, 5.74) is 0.329. The van der Waals surface area contributed by atoms with Crippen LogP contribution in [0, 0.1) is 11.8 Å². The third kappa shape index (κ3) is 5.48. The molecule has 0 aromatic heterocycles. The maximum atomic E-state index is 12.5. The van der Waals surface area contributed by atoms with Gasteiger partial charge in [0.15, 0.2) is 0 Å². The van der Waals surface area contributed by atoms with Gasteiger partial charge in [0.1, 0.15) is 11.8 Å². The van der Waals surface area contributed by atoms with Crippen molar-refractivity contribution in [3.05, 3.63) is 29.8 Å². The van der Waals surface area contributed by atoms with Crippen molar-refractivity contribution in [2.75, 3.05) is 7.11 Å². The number of nitrogens with one attached hydrogen (secondary N) is 2. The number of carbonyl (C=O) groups excluding carboxylic acids is 2. The molecule has 25 heavy (non-hydrogen) atoms. The van der Waals surface area contributed by atoms with E-state index in [9.17, 15) is 14.4 Å². The first-order valence-electron chi connectivity index (χ1n) is 8.16. The van der Waals surface area contributed by atoms with Gasteiger partial charge in [0.25, 0.3) is 5.91 Å². The zero-order chi connectivity index (χ0) is 19.1. The fourth-order valence-electron chi connectivity index (χ4n) is 2.24. The predicted molar refractivity (Wildman–Crippen MR) is 93.5 cm³/mol. The Balaban J connectivity index is 2.88. The minimum atomic E-state index is -0.994. The Hall–Kier alpha value is -2.57. The number of benzene rings is 1. The Kier molecular flexibility index (Phi) is 7.42. The molecule has 0 fully saturated rings. The summed E-state index contributed by atoms with van der Waals surface area (Å²) in [7, 11) is 1.47. The number of aliphatic carboxylic acids is 1. The van der Waals surface area contributed by atoms with Crippen molar-refractivity contribution in [3.8, 4) is 5.75 Å². The van der Waals surface area contributed by atoms with Gasteiger partial charge in [-0.2, -0.15) is 0 Å². The molecule has 0 saturated carbocycles. The lowest BCUT2D eigenvalue weighted by Crippen LogP contribution is -2.53. The molecule has 1 aromatic carbocycles. The van der Waals surface area contributed by atoms with Crippen molar-refractivity contribution >= 4 is 17.8 Å². The van der Waals surface area contributed by atoms with E-state index in [1.807, 2.05) is 0 Å². The molecule has 0 spiro atoms. The zero-order valence-corrected chi connectivity index (χ0v) is 15.2. The van der Waals surface area contributed by atoms with E-state index in [1.54, 1.807) is 45.0 Å². The summed E-state index contributed by atoms with van der Waals surface area (Å²) in [4.78, 5) is 36.0. The maximum Gasteiger partial charge on any atom is 0.308 e. The van der Waals surface area contributed by atoms with Crippen molar-refractivity contribution in [1.29, 1.82) is 0 Å². The first-order chi connectivity index (χ1) is 11.7. The highest BCUT2D eigenvalue weighted by Gasteiger charge is 2.29. The molecule has 138 valence electrons. The van der Waals surface area contributed by atoms with Crippen molar-refractivity contribution in [1.82, 2.24) is 10.6 Å². The molecule has 0 aliphatic rings. The van der Waals surface area contributed by atoms with E-state index in [0.717, 1.165) is 0 Å². The van der Waals surface area contributed by atoms with Gasteiger partial charge in [-0.1, -0.05) is 26.0 Å². The van der Waals surface area contributed by atoms with Gasteiger partial charge in [0.2, 0.25) is 5.91 Å². The SMILES string of the molecule is COc1ccccc1C(=O)NC(C(=O)NC(C)C(C)C(=O)O)C(C)C. The third-order valence-electron chi connectivity index (χ3n) is 4.10. The topological polar surface area (TPSA) is 105 Å². The summed E-state index contributed by atoms with van der Waals surface area (Å²) in [6.07, 6.45) is 0. The van der Waals surface area contributed by atoms with Crippen LogP contribution in [0.2, 0.25) is 0 Å². The van der Waals surface area contributed by atoms with E-state index in [0.29, 0.717) is 11.3 Å². The van der Waals surface area contributed by atoms with Gasteiger partial charge >= 0.3 is 5.97 Å². The first kappa shape index (κ1) is 20.5. The molecule has 0 aliphatic carbocycles. The largest absolute Gasteiger partial charge is 0.496 e. The Bertz CT molecular complexity index is 630. The van der Waals surface area contributed by atoms with Crippen molar-refractivity contribution < 1.29 is 24.2 Å². The van der Waals surface area contributed by atoms with E-state index in [-0.39, 0.29) is 5.92 Å². The van der Waals surface area contributed by atoms with E-state index in [1.165, 1.54) is 14.0 Å². The van der Waals surface area contributed by atoms with Crippen LogP contribution < -0.4 is 15.4 Å². The first-order valence-corrected chi connectivity index (χ1v) is 8.16. The van der Waals surface area contributed by atoms with Crippen LogP contribution in [-0.2, 0) is 9.59 Å². The second-order valence-electron chi connectivity index (χ2n) is 6.32. The lowest BCUT2D eigenvalue weighted by atomic mass is 10.00. The van der Waals surface area contributed by atoms with Crippen LogP contribution in [0.4, 0.5) is 0 Å². The van der Waals surface area contributed by atoms with E-state index in [2.05, 4.69) is 10.6 Å². The van der Waals surface area contributed by atoms with E-state index < -0.39 is 35.8 Å². The summed E-state index contributed by atoms with van der Waals surface area (Å²) in [6, 6.07) is 5.37. The molecular formula is C18H26N2O5. The highest BCUT2D eigenvalue weighted by molar-refractivity contribution is 5.99. The van der Waals surface area contributed by atoms with Crippen molar-refractivity contribution in [2.45, 2.75) is 39.8 Å². The molecular weight excluding hydrogens is 324 g/mol. The lowest BCUT2D eigenvalue weighted by Gasteiger charge is -2.25. The van der Waals surface area contributed by atoms with Gasteiger partial charge in [-0.15, -0.1) is 0 Å². The minimum absolute atomic E-state index is 0.175. The van der Waals surface area contributed by atoms with Crippen LogP contribution in [0.3, 0.4) is 0 Å². The van der Waals surface area contributed by atoms with Crippen molar-refractivity contribution in [3.63, 3.8) is 0 Å². The average Bonchev–Trinajstić information content (AvgIpc) is 2.57. The molecule has 1 aromatic rings. The number of hydrogen-bond acceptors (Lipinski definition) is 4. The number of ether oxygens (including phenoxy) is 1. The van der Waals surface area contributed by atoms with Gasteiger partial charge in [-0.05, 0) is 31.9 Å². The summed E-state index contributed by atoms with van der Waals surface area (Å²) < 4.78 is 5.16. The minimum Gasteiger partial charge on any atom is -0.496 e. The Morgan fingerprint density at radius 3 is 2.16 bits per heavy atom. The molecule has 1 rings (SSSR count). The summed E-state index contributed by atoms with van der Waals surface area (Å²) in [5, 5.41) is 14.4. The summed E-state index contributed by atoms with van der Waals surface area (Å²) in [6.45, 7) is 6.75. The highest BCUT2D eigenvalue weighted by Crippen LogP contribution is 2.17. The van der Waals surface area contributed by atoms with Gasteiger partial charge in [-0.25, -0.2) is 0 Å². The van der Waals surface area contributed by atoms with Crippen molar-refractivity contribution in [2.24, 2.45) is 11.8 Å². The smallest absolute Gasteiger partial charge is 0.308 e. The third-order valence-corrected chi connectivity index (χ3v) is 4.10. The lowest BCUT2D eigenvalue weighted by molar-refractivity contribution is -0.142. The Labute approximate surface area is 147 Å². The number of carbonyl (C=O) groups is 3. The van der Waals surface area contributed by atoms with Crippen LogP contribution >= 0.6 is 0 Å². The fourth-order valence-corrected chi connectivity index (χ4v) is 2.24. The average molecular weight is 350 g/mol. The van der Waals surface area contributed by atoms with Crippen LogP contribution in [0.1, 0.15) is 38.1 Å². The van der Waals surface area contributed by atoms with Gasteiger partial charge in [0, 0.05) is 6.04 Å². The number of para-hydroxylation sites is 1. The molecule has 0 heterocycles. The number of rotatable bonds is 8. The van der Waals surface area contributed by atoms with E-state index >= 15 is 0 Å². The molecule has 0 aliphatic heterocycles. The van der Waals surface area contributed by atoms with Crippen LogP contribution in [0.5, 0.6) is 5.75 Å². The van der Waals surface area contributed by atoms with Crippen LogP contribution in [0.15, 0.2) is 24.3 Å². The Morgan fingerprint density at radius 1 is 1.04 bits per heavy atom. The second kappa shape index (κ2) is 9.05. The molecule has 3 unspecified atom stereocenters. The molecule has 0 radical (unpaired) electrons. The fraction of sp³-hybridized carbons (Fsp3) is 0.500. The van der Waals surface area contributed by atoms with Gasteiger partial charge in [-0.3, -0.25) is 14.4 Å². The Morgan fingerprint density at radius 2 is 1.64 bits per heavy atom. The van der Waals surface area contributed by atoms with Crippen LogP contribution in [-0.4, -0.2) is 42.1 Å².